The van der Waals surface area contributed by atoms with Crippen molar-refractivity contribution < 1.29 is 13.2 Å². The van der Waals surface area contributed by atoms with Gasteiger partial charge >= 0.3 is 6.18 Å². The summed E-state index contributed by atoms with van der Waals surface area (Å²) in [5.41, 5.74) is 0.688. The molecule has 0 bridgehead atoms. The van der Waals surface area contributed by atoms with Crippen molar-refractivity contribution in [1.82, 2.24) is 15.0 Å². The number of rotatable bonds is 0. The lowest BCUT2D eigenvalue weighted by molar-refractivity contribution is -0.144. The van der Waals surface area contributed by atoms with Crippen molar-refractivity contribution in [2.24, 2.45) is 0 Å². The average molecular weight is 237 g/mol. The number of halogens is 3. The predicted octanol–water partition coefficient (Wildman–Crippen LogP) is 3.13. The van der Waals surface area contributed by atoms with Crippen LogP contribution in [0.1, 0.15) is 5.82 Å². The van der Waals surface area contributed by atoms with Crippen molar-refractivity contribution in [3.63, 3.8) is 0 Å². The van der Waals surface area contributed by atoms with Gasteiger partial charge in [-0.05, 0) is 12.1 Å². The fraction of sp³-hybridized carbons (Fsp3) is 0.0909. The zero-order valence-electron chi connectivity index (χ0n) is 8.42. The van der Waals surface area contributed by atoms with Gasteiger partial charge in [0.25, 0.3) is 0 Å². The third-order valence-electron chi connectivity index (χ3n) is 2.54. The molecule has 6 heteroatoms. The Bertz CT molecular complexity index is 700. The van der Waals surface area contributed by atoms with Crippen LogP contribution in [0, 0.1) is 0 Å². The van der Waals surface area contributed by atoms with Gasteiger partial charge in [-0.1, -0.05) is 6.07 Å². The van der Waals surface area contributed by atoms with Crippen LogP contribution < -0.4 is 0 Å². The molecule has 1 N–H and O–H groups in total. The minimum absolute atomic E-state index is 0.317. The number of nitrogens with one attached hydrogen (secondary N) is 1. The Morgan fingerprint density at radius 3 is 2.71 bits per heavy atom. The van der Waals surface area contributed by atoms with E-state index in [1.54, 1.807) is 24.4 Å². The molecule has 2 aromatic heterocycles. The number of fused-ring (bicyclic) bond motifs is 3. The number of H-pyrrole nitrogens is 1. The molecular formula is C11H6F3N3. The molecule has 17 heavy (non-hydrogen) atoms. The zero-order chi connectivity index (χ0) is 12.0. The number of alkyl halides is 3. The summed E-state index contributed by atoms with van der Waals surface area (Å²) >= 11 is 0. The Hall–Kier alpha value is -2.11. The molecule has 86 valence electrons. The molecule has 0 aliphatic heterocycles. The van der Waals surface area contributed by atoms with E-state index in [2.05, 4.69) is 15.0 Å². The van der Waals surface area contributed by atoms with Gasteiger partial charge in [0.15, 0.2) is 0 Å². The average Bonchev–Trinajstić information content (AvgIpc) is 2.72. The van der Waals surface area contributed by atoms with Crippen LogP contribution in [0.4, 0.5) is 13.2 Å². The predicted molar refractivity (Wildman–Crippen MR) is 56.4 cm³/mol. The molecule has 0 aliphatic carbocycles. The molecule has 0 amide bonds. The third kappa shape index (κ3) is 1.52. The van der Waals surface area contributed by atoms with Gasteiger partial charge in [0, 0.05) is 23.2 Å². The van der Waals surface area contributed by atoms with Crippen molar-refractivity contribution in [3.05, 3.63) is 36.4 Å². The molecule has 0 aliphatic rings. The SMILES string of the molecule is FC(F)(F)c1nc2c(ccc3cnccc32)[nH]1. The van der Waals surface area contributed by atoms with Crippen LogP contribution in [0.3, 0.4) is 0 Å². The highest BCUT2D eigenvalue weighted by Gasteiger charge is 2.34. The minimum atomic E-state index is -4.46. The van der Waals surface area contributed by atoms with E-state index in [1.165, 1.54) is 6.20 Å². The molecule has 3 aromatic rings. The first-order valence-corrected chi connectivity index (χ1v) is 4.85. The molecule has 0 saturated heterocycles. The highest BCUT2D eigenvalue weighted by molar-refractivity contribution is 6.03. The number of benzene rings is 1. The van der Waals surface area contributed by atoms with Crippen LogP contribution >= 0.6 is 0 Å². The maximum absolute atomic E-state index is 12.5. The number of hydrogen-bond acceptors (Lipinski definition) is 2. The summed E-state index contributed by atoms with van der Waals surface area (Å²) in [7, 11) is 0. The molecule has 2 heterocycles. The minimum Gasteiger partial charge on any atom is -0.334 e. The lowest BCUT2D eigenvalue weighted by Gasteiger charge is -1.99. The van der Waals surface area contributed by atoms with Crippen molar-refractivity contribution in [1.29, 1.82) is 0 Å². The van der Waals surface area contributed by atoms with Gasteiger partial charge in [-0.3, -0.25) is 4.98 Å². The van der Waals surface area contributed by atoms with Crippen LogP contribution in [0.25, 0.3) is 21.8 Å². The van der Waals surface area contributed by atoms with Gasteiger partial charge in [-0.25, -0.2) is 4.98 Å². The molecule has 3 nitrogen and oxygen atoms in total. The van der Waals surface area contributed by atoms with Crippen molar-refractivity contribution >= 4 is 21.8 Å². The highest BCUT2D eigenvalue weighted by atomic mass is 19.4. The molecular weight excluding hydrogens is 231 g/mol. The van der Waals surface area contributed by atoms with Crippen molar-refractivity contribution in [2.45, 2.75) is 6.18 Å². The maximum Gasteiger partial charge on any atom is 0.449 e. The summed E-state index contributed by atoms with van der Waals surface area (Å²) < 4.78 is 37.6. The van der Waals surface area contributed by atoms with Gasteiger partial charge < -0.3 is 4.98 Å². The largest absolute Gasteiger partial charge is 0.449 e. The quantitative estimate of drug-likeness (QED) is 0.652. The molecule has 0 spiro atoms. The second-order valence-electron chi connectivity index (χ2n) is 3.64. The summed E-state index contributed by atoms with van der Waals surface area (Å²) in [4.78, 5) is 9.79. The number of aromatic nitrogens is 3. The zero-order valence-corrected chi connectivity index (χ0v) is 8.42. The number of pyridine rings is 1. The van der Waals surface area contributed by atoms with E-state index in [1.807, 2.05) is 0 Å². The second-order valence-corrected chi connectivity index (χ2v) is 3.64. The summed E-state index contributed by atoms with van der Waals surface area (Å²) in [6.07, 6.45) is -1.33. The van der Waals surface area contributed by atoms with E-state index in [0.29, 0.717) is 16.4 Å². The number of nitrogens with zero attached hydrogens (tertiary/aromatic N) is 2. The summed E-state index contributed by atoms with van der Waals surface area (Å²) in [6, 6.07) is 4.93. The molecule has 0 saturated carbocycles. The molecule has 1 aromatic carbocycles. The third-order valence-corrected chi connectivity index (χ3v) is 2.54. The molecule has 0 fully saturated rings. The van der Waals surface area contributed by atoms with Gasteiger partial charge in [0.2, 0.25) is 5.82 Å². The first kappa shape index (κ1) is 10.1. The van der Waals surface area contributed by atoms with Gasteiger partial charge in [-0.2, -0.15) is 13.2 Å². The summed E-state index contributed by atoms with van der Waals surface area (Å²) in [5, 5.41) is 1.42. The number of aromatic amines is 1. The smallest absolute Gasteiger partial charge is 0.334 e. The van der Waals surface area contributed by atoms with Gasteiger partial charge in [0.05, 0.1) is 11.0 Å². The fourth-order valence-corrected chi connectivity index (χ4v) is 1.78. The summed E-state index contributed by atoms with van der Waals surface area (Å²) in [5.74, 6) is -0.975. The van der Waals surface area contributed by atoms with Crippen LogP contribution in [0.2, 0.25) is 0 Å². The Kier molecular flexibility index (Phi) is 1.89. The van der Waals surface area contributed by atoms with Crippen LogP contribution in [0.15, 0.2) is 30.6 Å². The first-order valence-electron chi connectivity index (χ1n) is 4.85. The van der Waals surface area contributed by atoms with Gasteiger partial charge in [0.1, 0.15) is 0 Å². The number of hydrogen-bond donors (Lipinski definition) is 1. The molecule has 0 radical (unpaired) electrons. The van der Waals surface area contributed by atoms with E-state index in [0.717, 1.165) is 5.39 Å². The Balaban J connectivity index is 2.39. The summed E-state index contributed by atoms with van der Waals surface area (Å²) in [6.45, 7) is 0. The van der Waals surface area contributed by atoms with Crippen LogP contribution in [-0.2, 0) is 6.18 Å². The van der Waals surface area contributed by atoms with E-state index in [-0.39, 0.29) is 0 Å². The number of imidazole rings is 1. The lowest BCUT2D eigenvalue weighted by atomic mass is 10.1. The molecule has 0 unspecified atom stereocenters. The topological polar surface area (TPSA) is 41.6 Å². The molecule has 0 atom stereocenters. The van der Waals surface area contributed by atoms with E-state index < -0.39 is 12.0 Å². The maximum atomic E-state index is 12.5. The Morgan fingerprint density at radius 1 is 1.12 bits per heavy atom. The Morgan fingerprint density at radius 2 is 1.94 bits per heavy atom. The second kappa shape index (κ2) is 3.19. The van der Waals surface area contributed by atoms with Gasteiger partial charge in [-0.15, -0.1) is 0 Å². The van der Waals surface area contributed by atoms with Crippen molar-refractivity contribution in [3.8, 4) is 0 Å². The van der Waals surface area contributed by atoms with E-state index in [9.17, 15) is 13.2 Å². The fourth-order valence-electron chi connectivity index (χ4n) is 1.78. The Labute approximate surface area is 93.3 Å². The first-order chi connectivity index (χ1) is 8.05. The molecule has 3 rings (SSSR count). The monoisotopic (exact) mass is 237 g/mol. The highest BCUT2D eigenvalue weighted by Crippen LogP contribution is 2.30. The van der Waals surface area contributed by atoms with Crippen LogP contribution in [0.5, 0.6) is 0 Å². The van der Waals surface area contributed by atoms with E-state index >= 15 is 0 Å². The van der Waals surface area contributed by atoms with Crippen molar-refractivity contribution in [2.75, 3.05) is 0 Å². The normalized spacial score (nSPS) is 12.4. The van der Waals surface area contributed by atoms with Crippen LogP contribution in [-0.4, -0.2) is 15.0 Å². The van der Waals surface area contributed by atoms with E-state index in [4.69, 9.17) is 0 Å². The standard InChI is InChI=1S/C11H6F3N3/c12-11(13,14)10-16-8-2-1-6-5-15-4-3-7(6)9(8)17-10/h1-5H,(H,16,17). The lowest BCUT2D eigenvalue weighted by Crippen LogP contribution is -2.06.